The molecule has 0 aliphatic carbocycles. The fourth-order valence-electron chi connectivity index (χ4n) is 2.46. The Morgan fingerprint density at radius 1 is 1.26 bits per heavy atom. The number of anilines is 1. The quantitative estimate of drug-likeness (QED) is 0.786. The first-order chi connectivity index (χ1) is 11.1. The maximum absolute atomic E-state index is 12.3. The summed E-state index contributed by atoms with van der Waals surface area (Å²) in [4.78, 5) is 12.3. The van der Waals surface area contributed by atoms with Crippen LogP contribution in [0.1, 0.15) is 22.6 Å². The number of benzene rings is 1. The first kappa shape index (κ1) is 15.0. The molecule has 1 amide bonds. The van der Waals surface area contributed by atoms with Gasteiger partial charge in [-0.2, -0.15) is 5.10 Å². The molecule has 0 aliphatic rings. The Balaban J connectivity index is 1.74. The number of nitrogens with zero attached hydrogens (tertiary/aromatic N) is 3. The Morgan fingerprint density at radius 3 is 2.78 bits per heavy atom. The molecule has 0 bridgehead atoms. The molecule has 0 saturated heterocycles. The van der Waals surface area contributed by atoms with Crippen molar-refractivity contribution in [3.8, 4) is 0 Å². The lowest BCUT2D eigenvalue weighted by Gasteiger charge is -2.11. The van der Waals surface area contributed by atoms with E-state index in [9.17, 15) is 4.79 Å². The van der Waals surface area contributed by atoms with Crippen LogP contribution in [0.3, 0.4) is 0 Å². The van der Waals surface area contributed by atoms with Crippen molar-refractivity contribution in [1.29, 1.82) is 0 Å². The minimum atomic E-state index is -0.0904. The third-order valence-electron chi connectivity index (χ3n) is 3.70. The van der Waals surface area contributed by atoms with E-state index < -0.39 is 0 Å². The van der Waals surface area contributed by atoms with Crippen molar-refractivity contribution < 1.29 is 9.32 Å². The number of carbonyl (C=O) groups is 1. The van der Waals surface area contributed by atoms with Gasteiger partial charge in [-0.3, -0.25) is 9.48 Å². The molecule has 6 heteroatoms. The first-order valence-electron chi connectivity index (χ1n) is 7.40. The molecule has 3 aromatic rings. The number of amides is 1. The van der Waals surface area contributed by atoms with Gasteiger partial charge in [0, 0.05) is 23.6 Å². The predicted molar refractivity (Wildman–Crippen MR) is 86.1 cm³/mol. The summed E-state index contributed by atoms with van der Waals surface area (Å²) in [7, 11) is 0. The van der Waals surface area contributed by atoms with Gasteiger partial charge in [-0.25, -0.2) is 0 Å². The largest absolute Gasteiger partial charge is 0.361 e. The molecule has 2 heterocycles. The lowest BCUT2D eigenvalue weighted by atomic mass is 10.1. The Bertz CT molecular complexity index is 786. The molecule has 1 aromatic carbocycles. The van der Waals surface area contributed by atoms with Crippen molar-refractivity contribution in [2.75, 3.05) is 5.32 Å². The second kappa shape index (κ2) is 6.48. The normalized spacial score (nSPS) is 10.7. The van der Waals surface area contributed by atoms with Crippen LogP contribution in [0.25, 0.3) is 0 Å². The van der Waals surface area contributed by atoms with E-state index in [1.807, 2.05) is 55.1 Å². The number of hydrogen-bond donors (Lipinski definition) is 1. The second-order valence-electron chi connectivity index (χ2n) is 5.39. The number of rotatable bonds is 5. The van der Waals surface area contributed by atoms with E-state index in [2.05, 4.69) is 15.6 Å². The van der Waals surface area contributed by atoms with Gasteiger partial charge in [0.25, 0.3) is 0 Å². The molecule has 0 radical (unpaired) electrons. The predicted octanol–water partition coefficient (Wildman–Crippen LogP) is 2.72. The minimum absolute atomic E-state index is 0.0904. The number of nitrogens with one attached hydrogen (secondary N) is 1. The van der Waals surface area contributed by atoms with Crippen molar-refractivity contribution in [2.24, 2.45) is 0 Å². The minimum Gasteiger partial charge on any atom is -0.361 e. The fourth-order valence-corrected chi connectivity index (χ4v) is 2.46. The summed E-state index contributed by atoms with van der Waals surface area (Å²) in [5.74, 6) is 0.592. The molecule has 2 aromatic heterocycles. The van der Waals surface area contributed by atoms with Crippen molar-refractivity contribution in [3.63, 3.8) is 0 Å². The smallest absolute Gasteiger partial charge is 0.229 e. The monoisotopic (exact) mass is 310 g/mol. The molecule has 0 unspecified atom stereocenters. The van der Waals surface area contributed by atoms with E-state index in [0.717, 1.165) is 22.5 Å². The zero-order chi connectivity index (χ0) is 16.2. The maximum Gasteiger partial charge on any atom is 0.229 e. The highest BCUT2D eigenvalue weighted by atomic mass is 16.5. The van der Waals surface area contributed by atoms with E-state index in [-0.39, 0.29) is 12.3 Å². The van der Waals surface area contributed by atoms with Crippen LogP contribution < -0.4 is 5.32 Å². The zero-order valence-corrected chi connectivity index (χ0v) is 13.1. The van der Waals surface area contributed by atoms with Crippen molar-refractivity contribution >= 4 is 11.6 Å². The third kappa shape index (κ3) is 3.48. The molecule has 23 heavy (non-hydrogen) atoms. The molecular weight excluding hydrogens is 292 g/mol. The SMILES string of the molecule is Cc1noc(C)c1CC(=O)Nc1ccccc1Cn1cccn1. The van der Waals surface area contributed by atoms with Gasteiger partial charge in [0.15, 0.2) is 0 Å². The standard InChI is InChI=1S/C17H18N4O2/c1-12-15(13(2)23-20-12)10-17(22)19-16-7-4-3-6-14(16)11-21-9-5-8-18-21/h3-9H,10-11H2,1-2H3,(H,19,22). The number of aromatic nitrogens is 3. The summed E-state index contributed by atoms with van der Waals surface area (Å²) in [6.45, 7) is 4.26. The Morgan fingerprint density at radius 2 is 2.09 bits per heavy atom. The molecule has 0 atom stereocenters. The second-order valence-corrected chi connectivity index (χ2v) is 5.39. The topological polar surface area (TPSA) is 73.0 Å². The van der Waals surface area contributed by atoms with Crippen LogP contribution in [-0.2, 0) is 17.8 Å². The highest BCUT2D eigenvalue weighted by Gasteiger charge is 2.14. The van der Waals surface area contributed by atoms with Gasteiger partial charge >= 0.3 is 0 Å². The van der Waals surface area contributed by atoms with Crippen LogP contribution in [0.4, 0.5) is 5.69 Å². The summed E-state index contributed by atoms with van der Waals surface area (Å²) < 4.78 is 6.92. The Labute approximate surface area is 134 Å². The molecule has 3 rings (SSSR count). The number of carbonyl (C=O) groups excluding carboxylic acids is 1. The van der Waals surface area contributed by atoms with Crippen molar-refractivity contribution in [2.45, 2.75) is 26.8 Å². The average molecular weight is 310 g/mol. The summed E-state index contributed by atoms with van der Waals surface area (Å²) in [5.41, 5.74) is 3.39. The van der Waals surface area contributed by atoms with Crippen LogP contribution in [0.2, 0.25) is 0 Å². The molecular formula is C17H18N4O2. The molecule has 0 fully saturated rings. The molecule has 1 N–H and O–H groups in total. The van der Waals surface area contributed by atoms with Crippen LogP contribution in [0.15, 0.2) is 47.2 Å². The van der Waals surface area contributed by atoms with Crippen LogP contribution in [-0.4, -0.2) is 20.8 Å². The summed E-state index contributed by atoms with van der Waals surface area (Å²) in [6, 6.07) is 9.59. The third-order valence-corrected chi connectivity index (χ3v) is 3.70. The van der Waals surface area contributed by atoms with Crippen molar-refractivity contribution in [1.82, 2.24) is 14.9 Å². The lowest BCUT2D eigenvalue weighted by Crippen LogP contribution is -2.17. The van der Waals surface area contributed by atoms with Gasteiger partial charge in [0.1, 0.15) is 5.76 Å². The van der Waals surface area contributed by atoms with Gasteiger partial charge in [-0.05, 0) is 31.5 Å². The van der Waals surface area contributed by atoms with Crippen LogP contribution in [0.5, 0.6) is 0 Å². The number of para-hydroxylation sites is 1. The lowest BCUT2D eigenvalue weighted by molar-refractivity contribution is -0.115. The van der Waals surface area contributed by atoms with E-state index in [1.54, 1.807) is 6.20 Å². The molecule has 118 valence electrons. The summed E-state index contributed by atoms with van der Waals surface area (Å²) in [6.07, 6.45) is 3.87. The first-order valence-corrected chi connectivity index (χ1v) is 7.40. The van der Waals surface area contributed by atoms with E-state index in [4.69, 9.17) is 4.52 Å². The van der Waals surface area contributed by atoms with Crippen LogP contribution >= 0.6 is 0 Å². The van der Waals surface area contributed by atoms with Gasteiger partial charge < -0.3 is 9.84 Å². The van der Waals surface area contributed by atoms with Crippen LogP contribution in [0, 0.1) is 13.8 Å². The number of aryl methyl sites for hydroxylation is 2. The molecule has 6 nitrogen and oxygen atoms in total. The van der Waals surface area contributed by atoms with E-state index in [0.29, 0.717) is 12.3 Å². The molecule has 0 spiro atoms. The molecule has 0 saturated carbocycles. The highest BCUT2D eigenvalue weighted by Crippen LogP contribution is 2.18. The van der Waals surface area contributed by atoms with Gasteiger partial charge in [-0.1, -0.05) is 23.4 Å². The maximum atomic E-state index is 12.3. The Hall–Kier alpha value is -2.89. The van der Waals surface area contributed by atoms with Gasteiger partial charge in [0.2, 0.25) is 5.91 Å². The molecule has 0 aliphatic heterocycles. The fraction of sp³-hybridized carbons (Fsp3) is 0.235. The average Bonchev–Trinajstić information content (AvgIpc) is 3.14. The summed E-state index contributed by atoms with van der Waals surface area (Å²) in [5, 5.41) is 11.0. The van der Waals surface area contributed by atoms with Gasteiger partial charge in [-0.15, -0.1) is 0 Å². The summed E-state index contributed by atoms with van der Waals surface area (Å²) >= 11 is 0. The number of hydrogen-bond acceptors (Lipinski definition) is 4. The Kier molecular flexibility index (Phi) is 4.23. The van der Waals surface area contributed by atoms with Crippen molar-refractivity contribution in [3.05, 3.63) is 65.3 Å². The van der Waals surface area contributed by atoms with E-state index in [1.165, 1.54) is 0 Å². The highest BCUT2D eigenvalue weighted by molar-refractivity contribution is 5.93. The zero-order valence-electron chi connectivity index (χ0n) is 13.1. The van der Waals surface area contributed by atoms with Gasteiger partial charge in [0.05, 0.1) is 18.7 Å². The van der Waals surface area contributed by atoms with E-state index >= 15 is 0 Å².